The Hall–Kier alpha value is -2.18. The van der Waals surface area contributed by atoms with Gasteiger partial charge in [-0.25, -0.2) is 4.79 Å². The number of thiophene rings is 1. The molecular weight excluding hydrogens is 410 g/mol. The van der Waals surface area contributed by atoms with Gasteiger partial charge in [0.1, 0.15) is 0 Å². The Morgan fingerprint density at radius 3 is 2.45 bits per heavy atom. The zero-order valence-corrected chi connectivity index (χ0v) is 19.7. The Kier molecular flexibility index (Phi) is 10.7. The molecule has 2 N–H and O–H groups in total. The number of aliphatic carboxylic acids is 1. The third-order valence-corrected chi connectivity index (χ3v) is 6.47. The molecule has 6 heteroatoms. The standard InChI is InChI=1S/C25H35NO4S/c1-4-6-7-8-9-18(3)24(27)26-17-21-14-15-23(31-21)20-12-10-19(11-13-20)16-22(25(28)29)30-5-2/h10-15,18,22H,4-9,16-17H2,1-3H3,(H,26,27)(H,28,29). The Morgan fingerprint density at radius 1 is 1.06 bits per heavy atom. The summed E-state index contributed by atoms with van der Waals surface area (Å²) in [4.78, 5) is 25.8. The number of benzene rings is 1. The smallest absolute Gasteiger partial charge is 0.333 e. The van der Waals surface area contributed by atoms with E-state index in [1.165, 1.54) is 19.3 Å². The van der Waals surface area contributed by atoms with Crippen LogP contribution in [0.5, 0.6) is 0 Å². The number of hydrogen-bond acceptors (Lipinski definition) is 4. The molecule has 1 heterocycles. The van der Waals surface area contributed by atoms with E-state index in [-0.39, 0.29) is 11.8 Å². The number of rotatable bonds is 14. The van der Waals surface area contributed by atoms with Gasteiger partial charge in [-0.1, -0.05) is 63.8 Å². The predicted octanol–water partition coefficient (Wildman–Crippen LogP) is 5.67. The number of carbonyl (C=O) groups is 2. The number of hydrogen-bond donors (Lipinski definition) is 2. The van der Waals surface area contributed by atoms with Crippen molar-refractivity contribution in [2.45, 2.75) is 71.9 Å². The van der Waals surface area contributed by atoms with E-state index in [9.17, 15) is 14.7 Å². The normalized spacial score (nSPS) is 13.0. The molecule has 2 aromatic rings. The van der Waals surface area contributed by atoms with Gasteiger partial charge in [0.2, 0.25) is 5.91 Å². The number of ether oxygens (including phenoxy) is 1. The highest BCUT2D eigenvalue weighted by Crippen LogP contribution is 2.28. The quantitative estimate of drug-likeness (QED) is 0.367. The van der Waals surface area contributed by atoms with Crippen LogP contribution in [0.15, 0.2) is 36.4 Å². The van der Waals surface area contributed by atoms with Gasteiger partial charge in [-0.05, 0) is 36.6 Å². The first-order chi connectivity index (χ1) is 14.9. The van der Waals surface area contributed by atoms with Crippen LogP contribution < -0.4 is 5.32 Å². The first-order valence-electron chi connectivity index (χ1n) is 11.2. The number of carboxylic acids is 1. The van der Waals surface area contributed by atoms with Crippen molar-refractivity contribution in [1.82, 2.24) is 5.32 Å². The molecule has 31 heavy (non-hydrogen) atoms. The number of nitrogens with one attached hydrogen (secondary N) is 1. The fraction of sp³-hybridized carbons (Fsp3) is 0.520. The van der Waals surface area contributed by atoms with Gasteiger partial charge in [0, 0.05) is 28.7 Å². The number of carbonyl (C=O) groups excluding carboxylic acids is 1. The molecule has 0 spiro atoms. The van der Waals surface area contributed by atoms with Gasteiger partial charge >= 0.3 is 5.97 Å². The highest BCUT2D eigenvalue weighted by molar-refractivity contribution is 7.15. The number of unbranched alkanes of at least 4 members (excludes halogenated alkanes) is 3. The Balaban J connectivity index is 1.86. The molecule has 0 radical (unpaired) electrons. The zero-order chi connectivity index (χ0) is 22.6. The lowest BCUT2D eigenvalue weighted by Crippen LogP contribution is -2.28. The maximum absolute atomic E-state index is 12.3. The van der Waals surface area contributed by atoms with Crippen molar-refractivity contribution in [3.63, 3.8) is 0 Å². The van der Waals surface area contributed by atoms with E-state index in [0.717, 1.165) is 33.7 Å². The second-order valence-corrected chi connectivity index (χ2v) is 9.09. The Morgan fingerprint density at radius 2 is 1.81 bits per heavy atom. The van der Waals surface area contributed by atoms with Crippen molar-refractivity contribution in [3.8, 4) is 10.4 Å². The van der Waals surface area contributed by atoms with E-state index in [4.69, 9.17) is 4.74 Å². The fourth-order valence-corrected chi connectivity index (χ4v) is 4.38. The molecule has 1 aromatic heterocycles. The third kappa shape index (κ3) is 8.46. The predicted molar refractivity (Wildman–Crippen MR) is 126 cm³/mol. The molecule has 1 amide bonds. The topological polar surface area (TPSA) is 75.6 Å². The summed E-state index contributed by atoms with van der Waals surface area (Å²) in [5.74, 6) is -0.764. The summed E-state index contributed by atoms with van der Waals surface area (Å²) < 4.78 is 5.29. The molecule has 5 nitrogen and oxygen atoms in total. The second kappa shape index (κ2) is 13.3. The van der Waals surface area contributed by atoms with E-state index >= 15 is 0 Å². The van der Waals surface area contributed by atoms with Crippen LogP contribution >= 0.6 is 11.3 Å². The maximum atomic E-state index is 12.3. The van der Waals surface area contributed by atoms with Gasteiger partial charge < -0.3 is 15.2 Å². The van der Waals surface area contributed by atoms with Crippen molar-refractivity contribution in [1.29, 1.82) is 0 Å². The SMILES string of the molecule is CCCCCCC(C)C(=O)NCc1ccc(-c2ccc(CC(OCC)C(=O)O)cc2)s1. The lowest BCUT2D eigenvalue weighted by molar-refractivity contribution is -0.150. The van der Waals surface area contributed by atoms with Crippen LogP contribution in [0.4, 0.5) is 0 Å². The average molecular weight is 446 g/mol. The van der Waals surface area contributed by atoms with E-state index in [1.54, 1.807) is 18.3 Å². The molecule has 170 valence electrons. The summed E-state index contributed by atoms with van der Waals surface area (Å²) >= 11 is 1.66. The molecule has 2 unspecified atom stereocenters. The Labute approximate surface area is 189 Å². The molecule has 2 rings (SSSR count). The second-order valence-electron chi connectivity index (χ2n) is 7.92. The Bertz CT molecular complexity index is 815. The molecule has 0 saturated carbocycles. The van der Waals surface area contributed by atoms with E-state index < -0.39 is 12.1 Å². The number of carboxylic acid groups (broad SMARTS) is 1. The summed E-state index contributed by atoms with van der Waals surface area (Å²) in [6.07, 6.45) is 5.23. The zero-order valence-electron chi connectivity index (χ0n) is 18.9. The van der Waals surface area contributed by atoms with E-state index in [1.807, 2.05) is 31.2 Å². The van der Waals surface area contributed by atoms with Crippen molar-refractivity contribution in [3.05, 3.63) is 46.8 Å². The van der Waals surface area contributed by atoms with Gasteiger partial charge in [0.25, 0.3) is 0 Å². The monoisotopic (exact) mass is 445 g/mol. The minimum absolute atomic E-state index is 0.0511. The molecule has 0 aliphatic heterocycles. The summed E-state index contributed by atoms with van der Waals surface area (Å²) in [5.41, 5.74) is 2.01. The van der Waals surface area contributed by atoms with Gasteiger partial charge in [0.05, 0.1) is 6.54 Å². The highest BCUT2D eigenvalue weighted by Gasteiger charge is 2.18. The van der Waals surface area contributed by atoms with Gasteiger partial charge in [-0.3, -0.25) is 4.79 Å². The minimum Gasteiger partial charge on any atom is -0.479 e. The van der Waals surface area contributed by atoms with E-state index in [2.05, 4.69) is 24.4 Å². The van der Waals surface area contributed by atoms with Crippen LogP contribution in [0.2, 0.25) is 0 Å². The minimum atomic E-state index is -0.939. The third-order valence-electron chi connectivity index (χ3n) is 5.34. The molecule has 1 aromatic carbocycles. The summed E-state index contributed by atoms with van der Waals surface area (Å²) in [5, 5.41) is 12.3. The molecule has 0 aliphatic carbocycles. The van der Waals surface area contributed by atoms with Crippen LogP contribution in [-0.4, -0.2) is 29.7 Å². The molecule has 2 atom stereocenters. The van der Waals surface area contributed by atoms with Crippen LogP contribution in [-0.2, 0) is 27.3 Å². The van der Waals surface area contributed by atoms with Gasteiger partial charge in [0.15, 0.2) is 6.10 Å². The van der Waals surface area contributed by atoms with Crippen molar-refractivity contribution in [2.75, 3.05) is 6.61 Å². The summed E-state index contributed by atoms with van der Waals surface area (Å²) in [7, 11) is 0. The van der Waals surface area contributed by atoms with Crippen molar-refractivity contribution >= 4 is 23.2 Å². The van der Waals surface area contributed by atoms with Gasteiger partial charge in [-0.15, -0.1) is 11.3 Å². The van der Waals surface area contributed by atoms with Crippen LogP contribution in [0.1, 0.15) is 63.3 Å². The average Bonchev–Trinajstić information content (AvgIpc) is 3.24. The fourth-order valence-electron chi connectivity index (χ4n) is 3.42. The largest absolute Gasteiger partial charge is 0.479 e. The lowest BCUT2D eigenvalue weighted by atomic mass is 10.0. The van der Waals surface area contributed by atoms with Crippen molar-refractivity contribution < 1.29 is 19.4 Å². The van der Waals surface area contributed by atoms with Crippen LogP contribution in [0.3, 0.4) is 0 Å². The first kappa shape index (κ1) is 25.1. The lowest BCUT2D eigenvalue weighted by Gasteiger charge is -2.12. The summed E-state index contributed by atoms with van der Waals surface area (Å²) in [6, 6.07) is 12.0. The highest BCUT2D eigenvalue weighted by atomic mass is 32.1. The van der Waals surface area contributed by atoms with Crippen LogP contribution in [0.25, 0.3) is 10.4 Å². The van der Waals surface area contributed by atoms with E-state index in [0.29, 0.717) is 19.6 Å². The van der Waals surface area contributed by atoms with Crippen molar-refractivity contribution in [2.24, 2.45) is 5.92 Å². The molecule has 0 aliphatic rings. The van der Waals surface area contributed by atoms with Crippen LogP contribution in [0, 0.1) is 5.92 Å². The molecule has 0 bridgehead atoms. The first-order valence-corrected chi connectivity index (χ1v) is 12.1. The van der Waals surface area contributed by atoms with Gasteiger partial charge in [-0.2, -0.15) is 0 Å². The molecule has 0 saturated heterocycles. The maximum Gasteiger partial charge on any atom is 0.333 e. The number of amides is 1. The summed E-state index contributed by atoms with van der Waals surface area (Å²) in [6.45, 7) is 6.92. The molecule has 0 fully saturated rings. The molecular formula is C25H35NO4S.